The van der Waals surface area contributed by atoms with Crippen LogP contribution in [0.3, 0.4) is 0 Å². The molecule has 0 aromatic carbocycles. The molecule has 0 aliphatic rings. The van der Waals surface area contributed by atoms with Gasteiger partial charge in [-0.3, -0.25) is 9.59 Å². The lowest BCUT2D eigenvalue weighted by molar-refractivity contribution is -0.143. The van der Waals surface area contributed by atoms with Crippen LogP contribution in [0.2, 0.25) is 0 Å². The third-order valence-corrected chi connectivity index (χ3v) is 12.3. The number of esters is 1. The van der Waals surface area contributed by atoms with Crippen molar-refractivity contribution in [1.82, 2.24) is 5.32 Å². The molecule has 6 nitrogen and oxygen atoms in total. The molecule has 368 valence electrons. The standard InChI is InChI=1S/C57H105NO5/c1-3-5-7-9-11-13-15-17-19-20-21-22-23-25-26-29-33-37-41-45-49-55(60)54(53-59)58-56(61)50-46-42-38-34-30-28-32-36-40-44-48-52-63-57(62)51-47-43-39-35-31-27-24-18-16-14-12-10-8-6-4-2/h12,14,18,24,32,36,45,49,54-55,59-60H,3-11,13,15-17,19-23,25-31,33-35,37-44,46-48,50-53H2,1-2H3,(H,58,61)/b14-12-,24-18-,36-32-,49-45+. The second-order valence-corrected chi connectivity index (χ2v) is 18.5. The summed E-state index contributed by atoms with van der Waals surface area (Å²) in [5, 5.41) is 23.1. The van der Waals surface area contributed by atoms with Crippen LogP contribution in [0.4, 0.5) is 0 Å². The first kappa shape index (κ1) is 60.8. The van der Waals surface area contributed by atoms with E-state index in [0.717, 1.165) is 96.3 Å². The van der Waals surface area contributed by atoms with Crippen molar-refractivity contribution in [3.63, 3.8) is 0 Å². The fraction of sp³-hybridized carbons (Fsp3) is 0.825. The van der Waals surface area contributed by atoms with E-state index in [-0.39, 0.29) is 18.5 Å². The fourth-order valence-corrected chi connectivity index (χ4v) is 8.07. The average Bonchev–Trinajstić information content (AvgIpc) is 3.28. The van der Waals surface area contributed by atoms with Crippen LogP contribution in [0.1, 0.15) is 277 Å². The number of hydrogen-bond acceptors (Lipinski definition) is 5. The molecule has 0 bridgehead atoms. The van der Waals surface area contributed by atoms with Gasteiger partial charge in [-0.2, -0.15) is 0 Å². The molecule has 0 saturated heterocycles. The van der Waals surface area contributed by atoms with Crippen LogP contribution < -0.4 is 5.32 Å². The summed E-state index contributed by atoms with van der Waals surface area (Å²) in [5.41, 5.74) is 0. The summed E-state index contributed by atoms with van der Waals surface area (Å²) in [5.74, 6) is -0.145. The van der Waals surface area contributed by atoms with Crippen LogP contribution >= 0.6 is 0 Å². The molecule has 2 unspecified atom stereocenters. The van der Waals surface area contributed by atoms with Gasteiger partial charge in [-0.15, -0.1) is 0 Å². The van der Waals surface area contributed by atoms with E-state index in [4.69, 9.17) is 4.74 Å². The summed E-state index contributed by atoms with van der Waals surface area (Å²) >= 11 is 0. The Bertz CT molecular complexity index is 1070. The molecule has 3 N–H and O–H groups in total. The molecule has 0 fully saturated rings. The van der Waals surface area contributed by atoms with Gasteiger partial charge in [0, 0.05) is 12.8 Å². The maximum absolute atomic E-state index is 12.5. The Balaban J connectivity index is 3.57. The van der Waals surface area contributed by atoms with Gasteiger partial charge in [0.1, 0.15) is 0 Å². The Labute approximate surface area is 391 Å². The number of carbonyl (C=O) groups is 2. The molecule has 6 heteroatoms. The number of aliphatic hydroxyl groups excluding tert-OH is 2. The molecule has 0 heterocycles. The van der Waals surface area contributed by atoms with Crippen molar-refractivity contribution >= 4 is 11.9 Å². The smallest absolute Gasteiger partial charge is 0.305 e. The Morgan fingerprint density at radius 3 is 1.25 bits per heavy atom. The third-order valence-electron chi connectivity index (χ3n) is 12.3. The van der Waals surface area contributed by atoms with Crippen LogP contribution in [-0.4, -0.2) is 47.4 Å². The number of allylic oxidation sites excluding steroid dienone is 7. The lowest BCUT2D eigenvalue weighted by Crippen LogP contribution is -2.45. The minimum atomic E-state index is -0.865. The summed E-state index contributed by atoms with van der Waals surface area (Å²) in [4.78, 5) is 24.5. The van der Waals surface area contributed by atoms with Gasteiger partial charge in [-0.1, -0.05) is 223 Å². The van der Waals surface area contributed by atoms with Crippen molar-refractivity contribution in [1.29, 1.82) is 0 Å². The van der Waals surface area contributed by atoms with Gasteiger partial charge < -0.3 is 20.3 Å². The van der Waals surface area contributed by atoms with Crippen molar-refractivity contribution < 1.29 is 24.5 Å². The number of rotatable bonds is 50. The Morgan fingerprint density at radius 2 is 0.794 bits per heavy atom. The van der Waals surface area contributed by atoms with E-state index in [9.17, 15) is 19.8 Å². The van der Waals surface area contributed by atoms with Crippen LogP contribution in [0.15, 0.2) is 48.6 Å². The minimum Gasteiger partial charge on any atom is -0.466 e. The number of hydrogen-bond donors (Lipinski definition) is 3. The lowest BCUT2D eigenvalue weighted by atomic mass is 10.0. The van der Waals surface area contributed by atoms with Gasteiger partial charge in [0.25, 0.3) is 0 Å². The molecule has 2 atom stereocenters. The second kappa shape index (κ2) is 52.4. The average molecular weight is 884 g/mol. The number of ether oxygens (including phenoxy) is 1. The Morgan fingerprint density at radius 1 is 0.444 bits per heavy atom. The highest BCUT2D eigenvalue weighted by Gasteiger charge is 2.18. The maximum Gasteiger partial charge on any atom is 0.305 e. The van der Waals surface area contributed by atoms with E-state index in [1.807, 2.05) is 6.08 Å². The molecule has 0 aliphatic heterocycles. The fourth-order valence-electron chi connectivity index (χ4n) is 8.07. The molecule has 1 amide bonds. The highest BCUT2D eigenvalue weighted by atomic mass is 16.5. The lowest BCUT2D eigenvalue weighted by Gasteiger charge is -2.20. The number of aliphatic hydroxyl groups is 2. The van der Waals surface area contributed by atoms with Crippen LogP contribution in [0.25, 0.3) is 0 Å². The predicted octanol–water partition coefficient (Wildman–Crippen LogP) is 16.6. The van der Waals surface area contributed by atoms with E-state index in [1.54, 1.807) is 6.08 Å². The summed E-state index contributed by atoms with van der Waals surface area (Å²) in [6.07, 6.45) is 65.5. The molecular weight excluding hydrogens is 779 g/mol. The van der Waals surface area contributed by atoms with Crippen LogP contribution in [0.5, 0.6) is 0 Å². The molecular formula is C57H105NO5. The number of nitrogens with one attached hydrogen (secondary N) is 1. The van der Waals surface area contributed by atoms with Crippen LogP contribution in [0, 0.1) is 0 Å². The molecule has 0 rings (SSSR count). The van der Waals surface area contributed by atoms with Gasteiger partial charge in [0.2, 0.25) is 5.91 Å². The molecule has 0 spiro atoms. The van der Waals surface area contributed by atoms with Gasteiger partial charge in [-0.05, 0) is 89.9 Å². The number of carbonyl (C=O) groups excluding carboxylic acids is 2. The third kappa shape index (κ3) is 49.1. The second-order valence-electron chi connectivity index (χ2n) is 18.5. The summed E-state index contributed by atoms with van der Waals surface area (Å²) in [6.45, 7) is 4.79. The van der Waals surface area contributed by atoms with E-state index < -0.39 is 12.1 Å². The zero-order valence-corrected chi connectivity index (χ0v) is 41.8. The highest BCUT2D eigenvalue weighted by Crippen LogP contribution is 2.16. The van der Waals surface area contributed by atoms with E-state index in [0.29, 0.717) is 19.4 Å². The van der Waals surface area contributed by atoms with E-state index in [1.165, 1.54) is 154 Å². The SMILES string of the molecule is CCCCC/C=C\C/C=C\CCCCCCCC(=O)OCCCC/C=C\CCCCCCCC(=O)NC(CO)C(O)/C=C/CCCCCCCCCCCCCCCCCCCC. The highest BCUT2D eigenvalue weighted by molar-refractivity contribution is 5.76. The Hall–Kier alpha value is -2.18. The monoisotopic (exact) mass is 884 g/mol. The Kier molecular flexibility index (Phi) is 50.6. The molecule has 0 aromatic rings. The van der Waals surface area contributed by atoms with Crippen molar-refractivity contribution in [2.75, 3.05) is 13.2 Å². The molecule has 0 aromatic heterocycles. The van der Waals surface area contributed by atoms with Crippen molar-refractivity contribution in [3.05, 3.63) is 48.6 Å². The topological polar surface area (TPSA) is 95.9 Å². The minimum absolute atomic E-state index is 0.0474. The summed E-state index contributed by atoms with van der Waals surface area (Å²) < 4.78 is 5.43. The summed E-state index contributed by atoms with van der Waals surface area (Å²) in [7, 11) is 0. The maximum atomic E-state index is 12.5. The molecule has 0 aliphatic carbocycles. The zero-order chi connectivity index (χ0) is 45.8. The van der Waals surface area contributed by atoms with E-state index >= 15 is 0 Å². The number of unbranched alkanes of at least 4 members (excludes halogenated alkanes) is 33. The zero-order valence-electron chi connectivity index (χ0n) is 41.8. The predicted molar refractivity (Wildman–Crippen MR) is 273 cm³/mol. The molecule has 63 heavy (non-hydrogen) atoms. The van der Waals surface area contributed by atoms with Gasteiger partial charge >= 0.3 is 5.97 Å². The van der Waals surface area contributed by atoms with Gasteiger partial charge in [0.15, 0.2) is 0 Å². The van der Waals surface area contributed by atoms with Crippen LogP contribution in [-0.2, 0) is 14.3 Å². The molecule has 0 saturated carbocycles. The van der Waals surface area contributed by atoms with Gasteiger partial charge in [-0.25, -0.2) is 0 Å². The first-order valence-corrected chi connectivity index (χ1v) is 27.4. The normalized spacial score (nSPS) is 13.0. The first-order valence-electron chi connectivity index (χ1n) is 27.4. The van der Waals surface area contributed by atoms with E-state index in [2.05, 4.69) is 55.6 Å². The molecule has 0 radical (unpaired) electrons. The largest absolute Gasteiger partial charge is 0.466 e. The van der Waals surface area contributed by atoms with Gasteiger partial charge in [0.05, 0.1) is 25.4 Å². The van der Waals surface area contributed by atoms with Crippen molar-refractivity contribution in [2.45, 2.75) is 289 Å². The van der Waals surface area contributed by atoms with Crippen molar-refractivity contribution in [3.8, 4) is 0 Å². The number of amides is 1. The first-order chi connectivity index (χ1) is 31.0. The summed E-state index contributed by atoms with van der Waals surface area (Å²) in [6, 6.07) is -0.651. The van der Waals surface area contributed by atoms with Crippen molar-refractivity contribution in [2.24, 2.45) is 0 Å². The quantitative estimate of drug-likeness (QED) is 0.0321.